The molecule has 1 aromatic rings. The van der Waals surface area contributed by atoms with Crippen LogP contribution in [0.2, 0.25) is 0 Å². The number of non-ortho nitro benzene ring substituents is 1. The number of hydrogen-bond acceptors (Lipinski definition) is 5. The van der Waals surface area contributed by atoms with Gasteiger partial charge in [-0.25, -0.2) is 4.79 Å². The molecule has 0 aromatic heterocycles. The highest BCUT2D eigenvalue weighted by Crippen LogP contribution is 2.22. The maximum atomic E-state index is 11.6. The molecule has 20 heavy (non-hydrogen) atoms. The monoisotopic (exact) mass is 282 g/mol. The Hall–Kier alpha value is -2.48. The average molecular weight is 282 g/mol. The SMILES string of the molecule is CCOCCC(=O)Nc1cc([N+](=O)[O-])ccc1C(=O)O. The number of hydrogen-bond donors (Lipinski definition) is 2. The highest BCUT2D eigenvalue weighted by atomic mass is 16.6. The summed E-state index contributed by atoms with van der Waals surface area (Å²) in [7, 11) is 0. The minimum Gasteiger partial charge on any atom is -0.478 e. The van der Waals surface area contributed by atoms with Crippen molar-refractivity contribution in [3.05, 3.63) is 33.9 Å². The van der Waals surface area contributed by atoms with Crippen LogP contribution in [-0.4, -0.2) is 35.1 Å². The molecule has 0 bridgehead atoms. The van der Waals surface area contributed by atoms with Crippen LogP contribution in [0.1, 0.15) is 23.7 Å². The lowest BCUT2D eigenvalue weighted by Gasteiger charge is -2.08. The van der Waals surface area contributed by atoms with Crippen molar-refractivity contribution in [2.45, 2.75) is 13.3 Å². The number of carbonyl (C=O) groups excluding carboxylic acids is 1. The van der Waals surface area contributed by atoms with Gasteiger partial charge in [0.05, 0.1) is 29.2 Å². The lowest BCUT2D eigenvalue weighted by molar-refractivity contribution is -0.384. The van der Waals surface area contributed by atoms with Crippen LogP contribution in [0.15, 0.2) is 18.2 Å². The highest BCUT2D eigenvalue weighted by Gasteiger charge is 2.17. The number of benzene rings is 1. The van der Waals surface area contributed by atoms with Gasteiger partial charge in [-0.2, -0.15) is 0 Å². The van der Waals surface area contributed by atoms with Crippen molar-refractivity contribution < 1.29 is 24.4 Å². The van der Waals surface area contributed by atoms with Gasteiger partial charge in [-0.15, -0.1) is 0 Å². The fourth-order valence-electron chi connectivity index (χ4n) is 1.46. The van der Waals surface area contributed by atoms with Gasteiger partial charge >= 0.3 is 5.97 Å². The number of amides is 1. The van der Waals surface area contributed by atoms with E-state index in [1.807, 2.05) is 0 Å². The Morgan fingerprint density at radius 2 is 2.15 bits per heavy atom. The van der Waals surface area contributed by atoms with Gasteiger partial charge in [-0.05, 0) is 13.0 Å². The molecule has 0 saturated carbocycles. The lowest BCUT2D eigenvalue weighted by atomic mass is 10.1. The fraction of sp³-hybridized carbons (Fsp3) is 0.333. The minimum absolute atomic E-state index is 0.0373. The number of carbonyl (C=O) groups is 2. The number of nitro groups is 1. The van der Waals surface area contributed by atoms with Crippen molar-refractivity contribution in [1.82, 2.24) is 0 Å². The van der Waals surface area contributed by atoms with Gasteiger partial charge in [0, 0.05) is 18.7 Å². The number of carboxylic acid groups (broad SMARTS) is 1. The second-order valence-corrected chi connectivity index (χ2v) is 3.79. The number of nitrogens with zero attached hydrogens (tertiary/aromatic N) is 1. The molecular formula is C12H14N2O6. The zero-order valence-electron chi connectivity index (χ0n) is 10.8. The first kappa shape index (κ1) is 15.6. The van der Waals surface area contributed by atoms with E-state index in [-0.39, 0.29) is 30.0 Å². The van der Waals surface area contributed by atoms with Crippen molar-refractivity contribution in [2.24, 2.45) is 0 Å². The standard InChI is InChI=1S/C12H14N2O6/c1-2-20-6-5-11(15)13-10-7-8(14(18)19)3-4-9(10)12(16)17/h3-4,7H,2,5-6H2,1H3,(H,13,15)(H,16,17). The molecule has 1 rings (SSSR count). The molecule has 1 amide bonds. The predicted molar refractivity (Wildman–Crippen MR) is 69.8 cm³/mol. The molecule has 0 fully saturated rings. The van der Waals surface area contributed by atoms with Gasteiger partial charge in [0.1, 0.15) is 0 Å². The summed E-state index contributed by atoms with van der Waals surface area (Å²) >= 11 is 0. The van der Waals surface area contributed by atoms with E-state index in [1.54, 1.807) is 6.92 Å². The summed E-state index contributed by atoms with van der Waals surface area (Å²) in [4.78, 5) is 32.6. The Labute approximate surface area is 114 Å². The molecule has 108 valence electrons. The first-order valence-corrected chi connectivity index (χ1v) is 5.85. The van der Waals surface area contributed by atoms with Gasteiger partial charge in [-0.1, -0.05) is 0 Å². The Kier molecular flexibility index (Phi) is 5.60. The molecule has 0 spiro atoms. The van der Waals surface area contributed by atoms with Crippen LogP contribution in [0.3, 0.4) is 0 Å². The van der Waals surface area contributed by atoms with Crippen LogP contribution in [0, 0.1) is 10.1 Å². The number of anilines is 1. The largest absolute Gasteiger partial charge is 0.478 e. The van der Waals surface area contributed by atoms with Crippen molar-refractivity contribution in [3.63, 3.8) is 0 Å². The summed E-state index contributed by atoms with van der Waals surface area (Å²) in [6.45, 7) is 2.44. The van der Waals surface area contributed by atoms with Crippen LogP contribution in [0.5, 0.6) is 0 Å². The maximum Gasteiger partial charge on any atom is 0.337 e. The van der Waals surface area contributed by atoms with Gasteiger partial charge in [-0.3, -0.25) is 14.9 Å². The van der Waals surface area contributed by atoms with E-state index < -0.39 is 16.8 Å². The van der Waals surface area contributed by atoms with Crippen molar-refractivity contribution >= 4 is 23.3 Å². The maximum absolute atomic E-state index is 11.6. The Bertz CT molecular complexity index is 529. The van der Waals surface area contributed by atoms with Gasteiger partial charge in [0.15, 0.2) is 0 Å². The number of rotatable bonds is 7. The third-order valence-electron chi connectivity index (χ3n) is 2.40. The first-order valence-electron chi connectivity index (χ1n) is 5.85. The normalized spacial score (nSPS) is 10.1. The molecule has 0 aliphatic rings. The number of carboxylic acids is 1. The van der Waals surface area contributed by atoms with E-state index >= 15 is 0 Å². The number of aromatic carboxylic acids is 1. The predicted octanol–water partition coefficient (Wildman–Crippen LogP) is 1.66. The highest BCUT2D eigenvalue weighted by molar-refractivity contribution is 6.01. The molecule has 0 heterocycles. The Morgan fingerprint density at radius 3 is 2.70 bits per heavy atom. The van der Waals surface area contributed by atoms with Crippen LogP contribution in [0.4, 0.5) is 11.4 Å². The topological polar surface area (TPSA) is 119 Å². The molecule has 2 N–H and O–H groups in total. The summed E-state index contributed by atoms with van der Waals surface area (Å²) in [6.07, 6.45) is 0.0373. The smallest absolute Gasteiger partial charge is 0.337 e. The minimum atomic E-state index is -1.28. The molecule has 0 atom stereocenters. The third kappa shape index (κ3) is 4.32. The molecule has 1 aromatic carbocycles. The second-order valence-electron chi connectivity index (χ2n) is 3.79. The quantitative estimate of drug-likeness (QED) is 0.446. The number of nitro benzene ring substituents is 1. The van der Waals surface area contributed by atoms with E-state index in [0.29, 0.717) is 6.61 Å². The molecule has 0 aliphatic carbocycles. The van der Waals surface area contributed by atoms with Gasteiger partial charge in [0.2, 0.25) is 5.91 Å². The summed E-state index contributed by atoms with van der Waals surface area (Å²) < 4.78 is 5.00. The summed E-state index contributed by atoms with van der Waals surface area (Å²) in [5, 5.41) is 22.0. The van der Waals surface area contributed by atoms with E-state index in [2.05, 4.69) is 5.32 Å². The van der Waals surface area contributed by atoms with Crippen molar-refractivity contribution in [1.29, 1.82) is 0 Å². The van der Waals surface area contributed by atoms with Crippen molar-refractivity contribution in [3.8, 4) is 0 Å². The number of ether oxygens (including phenoxy) is 1. The van der Waals surface area contributed by atoms with Gasteiger partial charge < -0.3 is 15.2 Å². The van der Waals surface area contributed by atoms with Crippen LogP contribution in [0.25, 0.3) is 0 Å². The summed E-state index contributed by atoms with van der Waals surface area (Å²) in [5.74, 6) is -1.75. The molecular weight excluding hydrogens is 268 g/mol. The first-order chi connectivity index (χ1) is 9.45. The van der Waals surface area contributed by atoms with E-state index in [9.17, 15) is 19.7 Å². The molecule has 8 heteroatoms. The summed E-state index contributed by atoms with van der Waals surface area (Å²) in [6, 6.07) is 3.17. The van der Waals surface area contributed by atoms with E-state index in [4.69, 9.17) is 9.84 Å². The fourth-order valence-corrected chi connectivity index (χ4v) is 1.46. The van der Waals surface area contributed by atoms with Gasteiger partial charge in [0.25, 0.3) is 5.69 Å². The Balaban J connectivity index is 2.90. The van der Waals surface area contributed by atoms with Crippen molar-refractivity contribution in [2.75, 3.05) is 18.5 Å². The molecule has 8 nitrogen and oxygen atoms in total. The Morgan fingerprint density at radius 1 is 1.45 bits per heavy atom. The molecule has 0 saturated heterocycles. The van der Waals surface area contributed by atoms with E-state index in [0.717, 1.165) is 18.2 Å². The zero-order chi connectivity index (χ0) is 15.1. The molecule has 0 unspecified atom stereocenters. The third-order valence-corrected chi connectivity index (χ3v) is 2.40. The van der Waals surface area contributed by atoms with E-state index in [1.165, 1.54) is 0 Å². The van der Waals surface area contributed by atoms with Crippen LogP contribution >= 0.6 is 0 Å². The number of nitrogens with one attached hydrogen (secondary N) is 1. The zero-order valence-corrected chi connectivity index (χ0v) is 10.8. The molecule has 0 aliphatic heterocycles. The van der Waals surface area contributed by atoms with Crippen LogP contribution in [-0.2, 0) is 9.53 Å². The second kappa shape index (κ2) is 7.19. The average Bonchev–Trinajstić information content (AvgIpc) is 2.38. The lowest BCUT2D eigenvalue weighted by Crippen LogP contribution is -2.16. The van der Waals surface area contributed by atoms with Crippen LogP contribution < -0.4 is 5.32 Å². The molecule has 0 radical (unpaired) electrons. The summed E-state index contributed by atoms with van der Waals surface area (Å²) in [5.41, 5.74) is -0.608.